The van der Waals surface area contributed by atoms with Crippen LogP contribution in [0.5, 0.6) is 0 Å². The lowest BCUT2D eigenvalue weighted by Crippen LogP contribution is -2.09. The molecule has 0 atom stereocenters. The van der Waals surface area contributed by atoms with E-state index >= 15 is 0 Å². The van der Waals surface area contributed by atoms with Gasteiger partial charge < -0.3 is 5.32 Å². The van der Waals surface area contributed by atoms with Crippen molar-refractivity contribution in [3.63, 3.8) is 0 Å². The molecule has 0 aliphatic rings. The molecule has 6 nitrogen and oxygen atoms in total. The van der Waals surface area contributed by atoms with Crippen LogP contribution in [0.3, 0.4) is 0 Å². The third-order valence-corrected chi connectivity index (χ3v) is 4.98. The standard InChI is InChI=1S/C19H12F3IN6/c20-19(21,22)13-2-1-7-24-17(13)14-5-4-12-15(10-26-29-18(12)28-14)27-16-6-3-11(8-23)9-25-16/h1-7,9-10H,8H2,(H,25,27,28,29). The van der Waals surface area contributed by atoms with Gasteiger partial charge >= 0.3 is 6.18 Å². The van der Waals surface area contributed by atoms with Crippen LogP contribution < -0.4 is 5.32 Å². The van der Waals surface area contributed by atoms with Gasteiger partial charge in [-0.1, -0.05) is 28.7 Å². The highest BCUT2D eigenvalue weighted by atomic mass is 127. The van der Waals surface area contributed by atoms with Crippen molar-refractivity contribution in [2.45, 2.75) is 10.6 Å². The molecule has 0 saturated heterocycles. The van der Waals surface area contributed by atoms with Crippen LogP contribution in [0.25, 0.3) is 22.4 Å². The van der Waals surface area contributed by atoms with Crippen molar-refractivity contribution in [1.82, 2.24) is 25.1 Å². The van der Waals surface area contributed by atoms with Gasteiger partial charge in [0, 0.05) is 22.2 Å². The maximum Gasteiger partial charge on any atom is 0.418 e. The van der Waals surface area contributed by atoms with E-state index in [4.69, 9.17) is 0 Å². The Kier molecular flexibility index (Phi) is 5.26. The molecule has 29 heavy (non-hydrogen) atoms. The zero-order valence-corrected chi connectivity index (χ0v) is 16.8. The Hall–Kier alpha value is -2.89. The van der Waals surface area contributed by atoms with E-state index < -0.39 is 11.7 Å². The van der Waals surface area contributed by atoms with Gasteiger partial charge in [0.25, 0.3) is 0 Å². The van der Waals surface area contributed by atoms with Crippen LogP contribution in [0.4, 0.5) is 24.7 Å². The summed E-state index contributed by atoms with van der Waals surface area (Å²) in [6.07, 6.45) is 0.0392. The predicted octanol–water partition coefficient (Wildman–Crippen LogP) is 5.18. The van der Waals surface area contributed by atoms with Crippen molar-refractivity contribution < 1.29 is 13.2 Å². The average molecular weight is 508 g/mol. The van der Waals surface area contributed by atoms with E-state index in [1.54, 1.807) is 12.3 Å². The molecule has 4 aromatic rings. The fourth-order valence-corrected chi connectivity index (χ4v) is 3.18. The lowest BCUT2D eigenvalue weighted by Gasteiger charge is -2.12. The minimum Gasteiger partial charge on any atom is -0.338 e. The highest BCUT2D eigenvalue weighted by Crippen LogP contribution is 2.35. The molecule has 1 N–H and O–H groups in total. The van der Waals surface area contributed by atoms with Gasteiger partial charge in [0.1, 0.15) is 11.5 Å². The van der Waals surface area contributed by atoms with Crippen LogP contribution in [0.1, 0.15) is 11.1 Å². The minimum absolute atomic E-state index is 0.0707. The number of aromatic nitrogens is 5. The van der Waals surface area contributed by atoms with Crippen molar-refractivity contribution >= 4 is 45.1 Å². The van der Waals surface area contributed by atoms with Crippen molar-refractivity contribution in [1.29, 1.82) is 0 Å². The Morgan fingerprint density at radius 2 is 1.86 bits per heavy atom. The maximum absolute atomic E-state index is 13.3. The van der Waals surface area contributed by atoms with Gasteiger partial charge in [-0.25, -0.2) is 9.97 Å². The van der Waals surface area contributed by atoms with Gasteiger partial charge in [0.05, 0.1) is 23.1 Å². The zero-order chi connectivity index (χ0) is 20.4. The first kappa shape index (κ1) is 19.4. The number of rotatable bonds is 4. The summed E-state index contributed by atoms with van der Waals surface area (Å²) in [4.78, 5) is 12.5. The quantitative estimate of drug-likeness (QED) is 0.303. The SMILES string of the molecule is FC(F)(F)c1cccnc1-c1ccc2c(Nc3ccc(CI)cn3)cnnc2n1. The topological polar surface area (TPSA) is 76.5 Å². The molecule has 0 fully saturated rings. The summed E-state index contributed by atoms with van der Waals surface area (Å²) in [5.74, 6) is 0.612. The van der Waals surface area contributed by atoms with Crippen LogP contribution >= 0.6 is 22.6 Å². The molecule has 0 bridgehead atoms. The second-order valence-electron chi connectivity index (χ2n) is 6.03. The third-order valence-electron chi connectivity index (χ3n) is 4.10. The van der Waals surface area contributed by atoms with Crippen LogP contribution in [0.15, 0.2) is 55.0 Å². The van der Waals surface area contributed by atoms with Gasteiger partial charge in [-0.05, 0) is 35.9 Å². The Morgan fingerprint density at radius 3 is 2.59 bits per heavy atom. The van der Waals surface area contributed by atoms with Crippen LogP contribution in [-0.2, 0) is 10.6 Å². The van der Waals surface area contributed by atoms with Crippen LogP contribution in [0, 0.1) is 0 Å². The molecular weight excluding hydrogens is 496 g/mol. The molecule has 4 aromatic heterocycles. The Morgan fingerprint density at radius 1 is 1.00 bits per heavy atom. The highest BCUT2D eigenvalue weighted by Gasteiger charge is 2.34. The van der Waals surface area contributed by atoms with E-state index in [9.17, 15) is 13.2 Å². The number of anilines is 2. The fraction of sp³-hybridized carbons (Fsp3) is 0.105. The Labute approximate surface area is 176 Å². The van der Waals surface area contributed by atoms with Gasteiger partial charge in [-0.15, -0.1) is 5.10 Å². The summed E-state index contributed by atoms with van der Waals surface area (Å²) >= 11 is 2.25. The van der Waals surface area contributed by atoms with Gasteiger partial charge in [0.2, 0.25) is 0 Å². The monoisotopic (exact) mass is 508 g/mol. The van der Waals surface area contributed by atoms with E-state index in [1.807, 2.05) is 12.1 Å². The van der Waals surface area contributed by atoms with E-state index in [0.29, 0.717) is 16.9 Å². The normalized spacial score (nSPS) is 11.6. The molecule has 146 valence electrons. The number of fused-ring (bicyclic) bond motifs is 1. The zero-order valence-electron chi connectivity index (χ0n) is 14.7. The molecular formula is C19H12F3IN6. The van der Waals surface area contributed by atoms with E-state index in [2.05, 4.69) is 53.1 Å². The van der Waals surface area contributed by atoms with Crippen LogP contribution in [-0.4, -0.2) is 25.1 Å². The number of nitrogens with zero attached hydrogens (tertiary/aromatic N) is 5. The summed E-state index contributed by atoms with van der Waals surface area (Å²) in [7, 11) is 0. The second kappa shape index (κ2) is 7.85. The first-order valence-electron chi connectivity index (χ1n) is 8.38. The number of pyridine rings is 3. The third kappa shape index (κ3) is 4.11. The van der Waals surface area contributed by atoms with Crippen LogP contribution in [0.2, 0.25) is 0 Å². The summed E-state index contributed by atoms with van der Waals surface area (Å²) in [5, 5.41) is 11.6. The van der Waals surface area contributed by atoms with Crippen molar-refractivity contribution in [2.24, 2.45) is 0 Å². The second-order valence-corrected chi connectivity index (χ2v) is 6.80. The molecule has 4 heterocycles. The molecule has 0 saturated carbocycles. The van der Waals surface area contributed by atoms with E-state index in [1.165, 1.54) is 24.5 Å². The number of hydrogen-bond acceptors (Lipinski definition) is 6. The van der Waals surface area contributed by atoms with Gasteiger partial charge in [-0.2, -0.15) is 18.3 Å². The molecule has 10 heteroatoms. The molecule has 0 unspecified atom stereocenters. The first-order valence-corrected chi connectivity index (χ1v) is 9.91. The number of hydrogen-bond donors (Lipinski definition) is 1. The molecule has 0 radical (unpaired) electrons. The minimum atomic E-state index is -4.54. The summed E-state index contributed by atoms with van der Waals surface area (Å²) in [6, 6.07) is 9.14. The molecule has 0 aromatic carbocycles. The number of nitrogens with one attached hydrogen (secondary N) is 1. The predicted molar refractivity (Wildman–Crippen MR) is 111 cm³/mol. The molecule has 0 aliphatic carbocycles. The highest BCUT2D eigenvalue weighted by molar-refractivity contribution is 14.1. The van der Waals surface area contributed by atoms with Crippen molar-refractivity contribution in [3.05, 3.63) is 66.1 Å². The Bertz CT molecular complexity index is 1160. The Balaban J connectivity index is 1.73. The smallest absolute Gasteiger partial charge is 0.338 e. The van der Waals surface area contributed by atoms with Gasteiger partial charge in [0.15, 0.2) is 5.65 Å². The average Bonchev–Trinajstić information content (AvgIpc) is 2.73. The maximum atomic E-state index is 13.3. The number of halogens is 4. The van der Waals surface area contributed by atoms with E-state index in [0.717, 1.165) is 16.1 Å². The fourth-order valence-electron chi connectivity index (χ4n) is 2.73. The summed E-state index contributed by atoms with van der Waals surface area (Å²) in [6.45, 7) is 0. The number of alkyl halides is 4. The summed E-state index contributed by atoms with van der Waals surface area (Å²) in [5.41, 5.74) is 0.861. The summed E-state index contributed by atoms with van der Waals surface area (Å²) < 4.78 is 40.7. The molecule has 0 spiro atoms. The van der Waals surface area contributed by atoms with Gasteiger partial charge in [-0.3, -0.25) is 4.98 Å². The van der Waals surface area contributed by atoms with Crippen molar-refractivity contribution in [2.75, 3.05) is 5.32 Å². The lowest BCUT2D eigenvalue weighted by molar-refractivity contribution is -0.137. The largest absolute Gasteiger partial charge is 0.418 e. The van der Waals surface area contributed by atoms with E-state index in [-0.39, 0.29) is 17.0 Å². The van der Waals surface area contributed by atoms with Crippen molar-refractivity contribution in [3.8, 4) is 11.4 Å². The first-order chi connectivity index (χ1) is 14.0. The lowest BCUT2D eigenvalue weighted by atomic mass is 10.1. The molecule has 0 aliphatic heterocycles. The molecule has 4 rings (SSSR count). The molecule has 0 amide bonds.